The summed E-state index contributed by atoms with van der Waals surface area (Å²) in [5, 5.41) is 5.78. The Morgan fingerprint density at radius 2 is 1.93 bits per heavy atom. The van der Waals surface area contributed by atoms with Crippen LogP contribution in [0.15, 0.2) is 48.7 Å². The van der Waals surface area contributed by atoms with Crippen LogP contribution in [0.25, 0.3) is 21.8 Å². The molecule has 0 amide bonds. The average Bonchev–Trinajstić information content (AvgIpc) is 2.67. The molecule has 6 heteroatoms. The van der Waals surface area contributed by atoms with Crippen LogP contribution in [0.4, 0.5) is 11.5 Å². The molecule has 0 spiro atoms. The van der Waals surface area contributed by atoms with E-state index in [4.69, 9.17) is 21.6 Å². The van der Waals surface area contributed by atoms with E-state index < -0.39 is 0 Å². The first-order valence-corrected chi connectivity index (χ1v) is 9.91. The summed E-state index contributed by atoms with van der Waals surface area (Å²) in [6.45, 7) is 5.83. The highest BCUT2D eigenvalue weighted by Crippen LogP contribution is 2.31. The maximum atomic E-state index is 11.8. The molecule has 1 N–H and O–H groups in total. The summed E-state index contributed by atoms with van der Waals surface area (Å²) in [6.07, 6.45) is 2.63. The fraction of sp³-hybridized carbons (Fsp3) is 0.217. The van der Waals surface area contributed by atoms with Gasteiger partial charge in [0, 0.05) is 39.7 Å². The van der Waals surface area contributed by atoms with Crippen LogP contribution in [-0.4, -0.2) is 20.7 Å². The molecule has 0 bridgehead atoms. The number of hydrogen-bond donors (Lipinski definition) is 1. The Balaban J connectivity index is 1.95. The molecule has 0 fully saturated rings. The number of carbonyl (C=O) groups excluding carboxylic acids is 1. The van der Waals surface area contributed by atoms with Gasteiger partial charge in [0.15, 0.2) is 11.6 Å². The maximum absolute atomic E-state index is 11.8. The molecular weight excluding hydrogens is 384 g/mol. The molecule has 0 aliphatic carbocycles. The highest BCUT2D eigenvalue weighted by atomic mass is 35.5. The summed E-state index contributed by atoms with van der Waals surface area (Å²) in [5.74, 6) is 1.84. The minimum absolute atomic E-state index is 0.00155. The van der Waals surface area contributed by atoms with E-state index >= 15 is 0 Å². The number of hydrogen-bond acceptors (Lipinski definition) is 5. The first kappa shape index (κ1) is 19.3. The summed E-state index contributed by atoms with van der Waals surface area (Å²) in [6, 6.07) is 13.0. The van der Waals surface area contributed by atoms with Crippen LogP contribution in [0, 0.1) is 5.92 Å². The highest BCUT2D eigenvalue weighted by molar-refractivity contribution is 6.30. The topological polar surface area (TPSA) is 67.8 Å². The number of anilines is 2. The minimum Gasteiger partial charge on any atom is -0.338 e. The smallest absolute Gasteiger partial charge is 0.159 e. The van der Waals surface area contributed by atoms with Crippen molar-refractivity contribution in [1.82, 2.24) is 15.0 Å². The molecule has 2 aromatic carbocycles. The first-order valence-electron chi connectivity index (χ1n) is 9.53. The zero-order valence-corrected chi connectivity index (χ0v) is 17.3. The largest absolute Gasteiger partial charge is 0.338 e. The van der Waals surface area contributed by atoms with E-state index in [1.807, 2.05) is 48.7 Å². The predicted octanol–water partition coefficient (Wildman–Crippen LogP) is 5.98. The van der Waals surface area contributed by atoms with Crippen molar-refractivity contribution in [2.24, 2.45) is 5.92 Å². The zero-order chi connectivity index (χ0) is 20.5. The van der Waals surface area contributed by atoms with E-state index in [9.17, 15) is 4.79 Å². The van der Waals surface area contributed by atoms with Crippen LogP contribution in [0.2, 0.25) is 5.02 Å². The standard InChI is InChI=1S/C23H21ClN4O/c1-13(2)9-21-25-12-19-18-8-7-15(14(3)29)10-20(18)27-23(22(19)28-21)26-17-6-4-5-16(24)11-17/h4-8,10-13H,9H2,1-3H3,(H,26,27). The number of fused-ring (bicyclic) bond motifs is 3. The van der Waals surface area contributed by atoms with Crippen molar-refractivity contribution in [1.29, 1.82) is 0 Å². The van der Waals surface area contributed by atoms with Crippen LogP contribution in [0.3, 0.4) is 0 Å². The van der Waals surface area contributed by atoms with Gasteiger partial charge in [-0.1, -0.05) is 43.6 Å². The van der Waals surface area contributed by atoms with Gasteiger partial charge in [0.2, 0.25) is 0 Å². The van der Waals surface area contributed by atoms with Gasteiger partial charge in [-0.25, -0.2) is 15.0 Å². The normalized spacial score (nSPS) is 11.3. The Kier molecular flexibility index (Phi) is 5.16. The van der Waals surface area contributed by atoms with Crippen molar-refractivity contribution in [2.45, 2.75) is 27.2 Å². The Morgan fingerprint density at radius 1 is 1.10 bits per heavy atom. The summed E-state index contributed by atoms with van der Waals surface area (Å²) in [7, 11) is 0. The molecular formula is C23H21ClN4O. The Labute approximate surface area is 174 Å². The number of benzene rings is 2. The van der Waals surface area contributed by atoms with Crippen LogP contribution in [0.1, 0.15) is 37.0 Å². The number of ketones is 1. The average molecular weight is 405 g/mol. The van der Waals surface area contributed by atoms with Crippen molar-refractivity contribution in [3.05, 3.63) is 65.1 Å². The maximum Gasteiger partial charge on any atom is 0.159 e. The lowest BCUT2D eigenvalue weighted by molar-refractivity contribution is 0.101. The van der Waals surface area contributed by atoms with E-state index in [1.165, 1.54) is 0 Å². The third kappa shape index (κ3) is 4.05. The monoisotopic (exact) mass is 404 g/mol. The minimum atomic E-state index is 0.00155. The second-order valence-electron chi connectivity index (χ2n) is 7.53. The van der Waals surface area contributed by atoms with Crippen molar-refractivity contribution < 1.29 is 4.79 Å². The van der Waals surface area contributed by atoms with Gasteiger partial charge in [0.25, 0.3) is 0 Å². The van der Waals surface area contributed by atoms with E-state index in [0.717, 1.165) is 39.7 Å². The zero-order valence-electron chi connectivity index (χ0n) is 16.5. The Bertz CT molecular complexity index is 1240. The van der Waals surface area contributed by atoms with Gasteiger partial charge in [-0.2, -0.15) is 0 Å². The number of carbonyl (C=O) groups is 1. The molecule has 2 heterocycles. The lowest BCUT2D eigenvalue weighted by Crippen LogP contribution is -2.04. The number of rotatable bonds is 5. The number of nitrogens with zero attached hydrogens (tertiary/aromatic N) is 3. The van der Waals surface area contributed by atoms with Gasteiger partial charge < -0.3 is 5.32 Å². The van der Waals surface area contributed by atoms with Crippen molar-refractivity contribution in [3.8, 4) is 0 Å². The third-order valence-electron chi connectivity index (χ3n) is 4.67. The molecule has 0 radical (unpaired) electrons. The van der Waals surface area contributed by atoms with E-state index in [1.54, 1.807) is 6.92 Å². The summed E-state index contributed by atoms with van der Waals surface area (Å²) in [5.41, 5.74) is 2.90. The van der Waals surface area contributed by atoms with Gasteiger partial charge in [0.05, 0.1) is 5.52 Å². The molecule has 4 rings (SSSR count). The first-order chi connectivity index (χ1) is 13.9. The highest BCUT2D eigenvalue weighted by Gasteiger charge is 2.14. The Morgan fingerprint density at radius 3 is 2.66 bits per heavy atom. The van der Waals surface area contributed by atoms with Gasteiger partial charge in [0.1, 0.15) is 11.3 Å². The molecule has 0 aliphatic rings. The van der Waals surface area contributed by atoms with Gasteiger partial charge in [-0.15, -0.1) is 0 Å². The van der Waals surface area contributed by atoms with Gasteiger partial charge in [-0.05, 0) is 37.1 Å². The van der Waals surface area contributed by atoms with Crippen LogP contribution in [0.5, 0.6) is 0 Å². The van der Waals surface area contributed by atoms with Crippen LogP contribution in [-0.2, 0) is 6.42 Å². The molecule has 146 valence electrons. The van der Waals surface area contributed by atoms with Crippen LogP contribution >= 0.6 is 11.6 Å². The van der Waals surface area contributed by atoms with Crippen molar-refractivity contribution >= 4 is 50.7 Å². The third-order valence-corrected chi connectivity index (χ3v) is 4.90. The van der Waals surface area contributed by atoms with E-state index in [-0.39, 0.29) is 5.78 Å². The predicted molar refractivity (Wildman–Crippen MR) is 118 cm³/mol. The fourth-order valence-corrected chi connectivity index (χ4v) is 3.48. The second kappa shape index (κ2) is 7.76. The second-order valence-corrected chi connectivity index (χ2v) is 7.97. The number of pyridine rings is 1. The molecule has 0 saturated heterocycles. The van der Waals surface area contributed by atoms with Gasteiger partial charge in [-0.3, -0.25) is 4.79 Å². The molecule has 0 atom stereocenters. The summed E-state index contributed by atoms with van der Waals surface area (Å²) >= 11 is 6.14. The van der Waals surface area contributed by atoms with Crippen molar-refractivity contribution in [3.63, 3.8) is 0 Å². The molecule has 29 heavy (non-hydrogen) atoms. The summed E-state index contributed by atoms with van der Waals surface area (Å²) in [4.78, 5) is 26.0. The quantitative estimate of drug-likeness (QED) is 0.327. The lowest BCUT2D eigenvalue weighted by atomic mass is 10.1. The number of aromatic nitrogens is 3. The molecule has 4 aromatic rings. The SMILES string of the molecule is CC(=O)c1ccc2c(c1)nc(Nc1cccc(Cl)c1)c1nc(CC(C)C)ncc12. The number of halogens is 1. The fourth-order valence-electron chi connectivity index (χ4n) is 3.29. The van der Waals surface area contributed by atoms with Crippen molar-refractivity contribution in [2.75, 3.05) is 5.32 Å². The Hall–Kier alpha value is -3.05. The molecule has 0 unspecified atom stereocenters. The van der Waals surface area contributed by atoms with Gasteiger partial charge >= 0.3 is 0 Å². The molecule has 5 nitrogen and oxygen atoms in total. The summed E-state index contributed by atoms with van der Waals surface area (Å²) < 4.78 is 0. The van der Waals surface area contributed by atoms with E-state index in [2.05, 4.69) is 24.1 Å². The molecule has 0 aliphatic heterocycles. The van der Waals surface area contributed by atoms with E-state index in [0.29, 0.717) is 22.3 Å². The molecule has 2 aromatic heterocycles. The molecule has 0 saturated carbocycles. The number of nitrogens with one attached hydrogen (secondary N) is 1. The van der Waals surface area contributed by atoms with Crippen LogP contribution < -0.4 is 5.32 Å². The lowest BCUT2D eigenvalue weighted by Gasteiger charge is -2.13. The number of Topliss-reactive ketones (excluding diaryl/α,β-unsaturated/α-hetero) is 1.